The molecule has 0 aromatic heterocycles. The molecular formula is C10H9F3O. The summed E-state index contributed by atoms with van der Waals surface area (Å²) in [5.74, 6) is 0. The molecule has 0 N–H and O–H groups in total. The van der Waals surface area contributed by atoms with E-state index in [0.29, 0.717) is 12.2 Å². The number of hydrogen-bond donors (Lipinski definition) is 0. The van der Waals surface area contributed by atoms with E-state index in [1.807, 2.05) is 0 Å². The highest BCUT2D eigenvalue weighted by Gasteiger charge is 2.32. The number of rotatable bonds is 1. The zero-order chi connectivity index (χ0) is 10.3. The van der Waals surface area contributed by atoms with E-state index in [1.54, 1.807) is 6.92 Å². The van der Waals surface area contributed by atoms with E-state index in [2.05, 4.69) is 0 Å². The van der Waals surface area contributed by atoms with E-state index in [9.17, 15) is 13.2 Å². The Morgan fingerprint density at radius 3 is 2.43 bits per heavy atom. The van der Waals surface area contributed by atoms with E-state index in [-0.39, 0.29) is 6.10 Å². The van der Waals surface area contributed by atoms with Gasteiger partial charge < -0.3 is 4.74 Å². The molecule has 1 aromatic carbocycles. The number of hydrogen-bond acceptors (Lipinski definition) is 1. The summed E-state index contributed by atoms with van der Waals surface area (Å²) in [6, 6.07) is 3.76. The van der Waals surface area contributed by atoms with E-state index >= 15 is 0 Å². The predicted molar refractivity (Wildman–Crippen MR) is 44.9 cm³/mol. The van der Waals surface area contributed by atoms with Crippen molar-refractivity contribution < 1.29 is 17.9 Å². The second kappa shape index (κ2) is 2.98. The Morgan fingerprint density at radius 1 is 1.36 bits per heavy atom. The summed E-state index contributed by atoms with van der Waals surface area (Å²) in [4.78, 5) is 0. The van der Waals surface area contributed by atoms with Crippen LogP contribution in [0, 0.1) is 6.92 Å². The summed E-state index contributed by atoms with van der Waals surface area (Å²) in [6.45, 7) is 2.29. The third-order valence-electron chi connectivity index (χ3n) is 2.28. The minimum absolute atomic E-state index is 0.0114. The first-order valence-electron chi connectivity index (χ1n) is 4.28. The Bertz CT molecular complexity index is 353. The number of halogens is 3. The molecule has 1 atom stereocenters. The van der Waals surface area contributed by atoms with Gasteiger partial charge >= 0.3 is 6.18 Å². The van der Waals surface area contributed by atoms with Crippen molar-refractivity contribution in [3.63, 3.8) is 0 Å². The van der Waals surface area contributed by atoms with Crippen molar-refractivity contribution in [3.05, 3.63) is 34.9 Å². The second-order valence-electron chi connectivity index (χ2n) is 3.39. The highest BCUT2D eigenvalue weighted by molar-refractivity contribution is 5.35. The van der Waals surface area contributed by atoms with E-state index < -0.39 is 11.7 Å². The lowest BCUT2D eigenvalue weighted by molar-refractivity contribution is -0.137. The average molecular weight is 202 g/mol. The van der Waals surface area contributed by atoms with Gasteiger partial charge in [0.05, 0.1) is 12.2 Å². The first kappa shape index (κ1) is 9.52. The van der Waals surface area contributed by atoms with Gasteiger partial charge in [0.1, 0.15) is 6.10 Å². The summed E-state index contributed by atoms with van der Waals surface area (Å²) in [7, 11) is 0. The first-order chi connectivity index (χ1) is 6.48. The van der Waals surface area contributed by atoms with Crippen molar-refractivity contribution in [2.75, 3.05) is 6.61 Å². The Hall–Kier alpha value is -1.03. The fourth-order valence-electron chi connectivity index (χ4n) is 1.44. The van der Waals surface area contributed by atoms with Crippen molar-refractivity contribution in [1.29, 1.82) is 0 Å². The van der Waals surface area contributed by atoms with Crippen LogP contribution >= 0.6 is 0 Å². The lowest BCUT2D eigenvalue weighted by Gasteiger charge is -2.09. The largest absolute Gasteiger partial charge is 0.416 e. The molecule has 1 fully saturated rings. The maximum absolute atomic E-state index is 12.3. The summed E-state index contributed by atoms with van der Waals surface area (Å²) >= 11 is 0. The highest BCUT2D eigenvalue weighted by atomic mass is 19.4. The lowest BCUT2D eigenvalue weighted by Crippen LogP contribution is -2.05. The molecule has 0 aliphatic carbocycles. The summed E-state index contributed by atoms with van der Waals surface area (Å²) in [5, 5.41) is 0. The summed E-state index contributed by atoms with van der Waals surface area (Å²) in [6.07, 6.45) is -4.24. The maximum Gasteiger partial charge on any atom is 0.416 e. The normalized spacial score (nSPS) is 21.0. The number of aryl methyl sites for hydroxylation is 1. The number of epoxide rings is 1. The molecule has 76 valence electrons. The zero-order valence-electron chi connectivity index (χ0n) is 7.56. The standard InChI is InChI=1S/C10H9F3O/c1-6-4-7(10(11,12)13)2-3-8(6)9-5-14-9/h2-4,9H,5H2,1H3/t9-/m1/s1. The van der Waals surface area contributed by atoms with Crippen molar-refractivity contribution in [1.82, 2.24) is 0 Å². The van der Waals surface area contributed by atoms with Crippen LogP contribution in [0.15, 0.2) is 18.2 Å². The van der Waals surface area contributed by atoms with Crippen molar-refractivity contribution in [2.24, 2.45) is 0 Å². The lowest BCUT2D eigenvalue weighted by atomic mass is 10.0. The molecular weight excluding hydrogens is 193 g/mol. The Kier molecular flexibility index (Phi) is 2.03. The topological polar surface area (TPSA) is 12.5 Å². The van der Waals surface area contributed by atoms with Crippen LogP contribution in [0.25, 0.3) is 0 Å². The molecule has 1 saturated heterocycles. The molecule has 1 nitrogen and oxygen atoms in total. The van der Waals surface area contributed by atoms with Gasteiger partial charge in [0.15, 0.2) is 0 Å². The van der Waals surface area contributed by atoms with Gasteiger partial charge in [-0.15, -0.1) is 0 Å². The van der Waals surface area contributed by atoms with Gasteiger partial charge in [0, 0.05) is 0 Å². The van der Waals surface area contributed by atoms with Crippen molar-refractivity contribution in [3.8, 4) is 0 Å². The number of benzene rings is 1. The molecule has 14 heavy (non-hydrogen) atoms. The molecule has 1 heterocycles. The molecule has 0 bridgehead atoms. The van der Waals surface area contributed by atoms with E-state index in [1.165, 1.54) is 6.07 Å². The smallest absolute Gasteiger partial charge is 0.368 e. The van der Waals surface area contributed by atoms with Crippen LogP contribution in [0.4, 0.5) is 13.2 Å². The Labute approximate surface area is 79.5 Å². The summed E-state index contributed by atoms with van der Waals surface area (Å²) in [5.41, 5.74) is 0.903. The molecule has 1 aromatic rings. The van der Waals surface area contributed by atoms with Crippen LogP contribution < -0.4 is 0 Å². The van der Waals surface area contributed by atoms with Gasteiger partial charge in [-0.3, -0.25) is 0 Å². The predicted octanol–water partition coefficient (Wildman–Crippen LogP) is 3.09. The van der Waals surface area contributed by atoms with Crippen molar-refractivity contribution in [2.45, 2.75) is 19.2 Å². The van der Waals surface area contributed by atoms with Gasteiger partial charge in [-0.05, 0) is 30.2 Å². The minimum Gasteiger partial charge on any atom is -0.368 e. The van der Waals surface area contributed by atoms with Gasteiger partial charge in [-0.1, -0.05) is 6.07 Å². The van der Waals surface area contributed by atoms with Crippen LogP contribution in [0.5, 0.6) is 0 Å². The SMILES string of the molecule is Cc1cc(C(F)(F)F)ccc1[C@H]1CO1. The van der Waals surface area contributed by atoms with Crippen molar-refractivity contribution >= 4 is 0 Å². The monoisotopic (exact) mass is 202 g/mol. The first-order valence-corrected chi connectivity index (χ1v) is 4.28. The molecule has 0 spiro atoms. The van der Waals surface area contributed by atoms with Gasteiger partial charge in [0.2, 0.25) is 0 Å². The third-order valence-corrected chi connectivity index (χ3v) is 2.28. The van der Waals surface area contributed by atoms with Crippen LogP contribution in [-0.2, 0) is 10.9 Å². The summed E-state index contributed by atoms with van der Waals surface area (Å²) < 4.78 is 41.9. The molecule has 0 saturated carbocycles. The molecule has 0 amide bonds. The van der Waals surface area contributed by atoms with Crippen LogP contribution in [0.3, 0.4) is 0 Å². The van der Waals surface area contributed by atoms with Gasteiger partial charge in [-0.25, -0.2) is 0 Å². The quantitative estimate of drug-likeness (QED) is 0.637. The maximum atomic E-state index is 12.3. The molecule has 0 unspecified atom stereocenters. The number of ether oxygens (including phenoxy) is 1. The van der Waals surface area contributed by atoms with Crippen LogP contribution in [0.2, 0.25) is 0 Å². The fraction of sp³-hybridized carbons (Fsp3) is 0.400. The Morgan fingerprint density at radius 2 is 2.00 bits per heavy atom. The second-order valence-corrected chi connectivity index (χ2v) is 3.39. The Balaban J connectivity index is 2.35. The van der Waals surface area contributed by atoms with Gasteiger partial charge in [-0.2, -0.15) is 13.2 Å². The van der Waals surface area contributed by atoms with Crippen LogP contribution in [0.1, 0.15) is 22.8 Å². The van der Waals surface area contributed by atoms with Crippen LogP contribution in [-0.4, -0.2) is 6.61 Å². The molecule has 1 aliphatic rings. The molecule has 2 rings (SSSR count). The fourth-order valence-corrected chi connectivity index (χ4v) is 1.44. The van der Waals surface area contributed by atoms with Gasteiger partial charge in [0.25, 0.3) is 0 Å². The third kappa shape index (κ3) is 1.75. The average Bonchev–Trinajstić information content (AvgIpc) is 2.85. The molecule has 0 radical (unpaired) electrons. The zero-order valence-corrected chi connectivity index (χ0v) is 7.56. The molecule has 4 heteroatoms. The van der Waals surface area contributed by atoms with E-state index in [4.69, 9.17) is 4.74 Å². The highest BCUT2D eigenvalue weighted by Crippen LogP contribution is 2.35. The number of alkyl halides is 3. The minimum atomic E-state index is -4.26. The van der Waals surface area contributed by atoms with E-state index in [0.717, 1.165) is 17.7 Å². The molecule has 1 aliphatic heterocycles.